The Kier molecular flexibility index (Phi) is 4.74. The first-order valence-electron chi connectivity index (χ1n) is 5.64. The van der Waals surface area contributed by atoms with Gasteiger partial charge >= 0.3 is 0 Å². The van der Waals surface area contributed by atoms with Crippen LogP contribution in [-0.2, 0) is 0 Å². The maximum atomic E-state index is 9.23. The first-order valence-corrected chi connectivity index (χ1v) is 5.64. The van der Waals surface area contributed by atoms with Crippen LogP contribution in [0.3, 0.4) is 0 Å². The Morgan fingerprint density at radius 3 is 2.46 bits per heavy atom. The van der Waals surface area contributed by atoms with Crippen LogP contribution in [0.5, 0.6) is 0 Å². The molecule has 1 aliphatic rings. The summed E-state index contributed by atoms with van der Waals surface area (Å²) in [6.45, 7) is 1.78. The van der Waals surface area contributed by atoms with Crippen LogP contribution in [0, 0.1) is 5.92 Å². The van der Waals surface area contributed by atoms with Crippen molar-refractivity contribution in [3.05, 3.63) is 0 Å². The molecule has 0 aliphatic heterocycles. The molecule has 78 valence electrons. The molecule has 2 heteroatoms. The van der Waals surface area contributed by atoms with Gasteiger partial charge in [-0.15, -0.1) is 0 Å². The lowest BCUT2D eigenvalue weighted by Gasteiger charge is -2.23. The minimum atomic E-state index is -0.344. The predicted octanol–water partition coefficient (Wildman–Crippen LogP) is 2.05. The maximum absolute atomic E-state index is 9.23. The molecule has 1 aliphatic carbocycles. The molecule has 0 radical (unpaired) electrons. The zero-order chi connectivity index (χ0) is 9.68. The van der Waals surface area contributed by atoms with Crippen molar-refractivity contribution in [1.82, 2.24) is 0 Å². The van der Waals surface area contributed by atoms with Crippen LogP contribution in [0.15, 0.2) is 0 Å². The van der Waals surface area contributed by atoms with E-state index in [1.54, 1.807) is 6.92 Å². The highest BCUT2D eigenvalue weighted by Crippen LogP contribution is 2.27. The Morgan fingerprint density at radius 2 is 1.92 bits per heavy atom. The third-order valence-corrected chi connectivity index (χ3v) is 3.25. The van der Waals surface area contributed by atoms with Crippen LogP contribution in [0.2, 0.25) is 0 Å². The molecule has 0 aromatic rings. The Labute approximate surface area is 81.5 Å². The summed E-state index contributed by atoms with van der Waals surface area (Å²) < 4.78 is 0. The van der Waals surface area contributed by atoms with Crippen LogP contribution in [0.25, 0.3) is 0 Å². The van der Waals surface area contributed by atoms with Crippen molar-refractivity contribution >= 4 is 0 Å². The first-order chi connectivity index (χ1) is 6.20. The Hall–Kier alpha value is -0.0800. The Bertz CT molecular complexity index is 130. The van der Waals surface area contributed by atoms with E-state index in [1.807, 2.05) is 0 Å². The van der Waals surface area contributed by atoms with E-state index < -0.39 is 0 Å². The monoisotopic (exact) mass is 185 g/mol. The van der Waals surface area contributed by atoms with Gasteiger partial charge in [-0.3, -0.25) is 0 Å². The summed E-state index contributed by atoms with van der Waals surface area (Å²) in [6.07, 6.45) is 8.83. The van der Waals surface area contributed by atoms with Crippen LogP contribution in [0.4, 0.5) is 0 Å². The van der Waals surface area contributed by atoms with Crippen LogP contribution in [0.1, 0.15) is 51.9 Å². The van der Waals surface area contributed by atoms with Gasteiger partial charge < -0.3 is 10.8 Å². The fourth-order valence-electron chi connectivity index (χ4n) is 2.15. The number of hydrogen-bond donors (Lipinski definition) is 2. The van der Waals surface area contributed by atoms with Gasteiger partial charge in [-0.2, -0.15) is 0 Å². The van der Waals surface area contributed by atoms with Gasteiger partial charge in [-0.1, -0.05) is 32.1 Å². The topological polar surface area (TPSA) is 46.2 Å². The average molecular weight is 185 g/mol. The van der Waals surface area contributed by atoms with Gasteiger partial charge in [0.15, 0.2) is 0 Å². The minimum Gasteiger partial charge on any atom is -0.392 e. The summed E-state index contributed by atoms with van der Waals surface area (Å²) in [5.41, 5.74) is 5.78. The highest BCUT2D eigenvalue weighted by Gasteiger charge is 2.16. The number of aliphatic hydroxyl groups excluding tert-OH is 1. The van der Waals surface area contributed by atoms with E-state index in [2.05, 4.69) is 0 Å². The van der Waals surface area contributed by atoms with E-state index >= 15 is 0 Å². The molecule has 0 heterocycles. The molecule has 2 atom stereocenters. The highest BCUT2D eigenvalue weighted by atomic mass is 16.3. The molecule has 2 nitrogen and oxygen atoms in total. The van der Waals surface area contributed by atoms with Crippen LogP contribution >= 0.6 is 0 Å². The molecule has 0 spiro atoms. The van der Waals surface area contributed by atoms with E-state index in [0.29, 0.717) is 0 Å². The molecular formula is C11H23NO. The SMILES string of the molecule is C[C@@H](O)[C@H](N)CCC1CCCCC1. The lowest BCUT2D eigenvalue weighted by Crippen LogP contribution is -2.32. The van der Waals surface area contributed by atoms with Gasteiger partial charge in [0.2, 0.25) is 0 Å². The Morgan fingerprint density at radius 1 is 1.31 bits per heavy atom. The first kappa shape index (κ1) is 11.0. The van der Waals surface area contributed by atoms with Crippen molar-refractivity contribution in [2.24, 2.45) is 11.7 Å². The standard InChI is InChI=1S/C11H23NO/c1-9(13)11(12)8-7-10-5-3-2-4-6-10/h9-11,13H,2-8,12H2,1H3/t9-,11-/m1/s1. The summed E-state index contributed by atoms with van der Waals surface area (Å²) in [4.78, 5) is 0. The second kappa shape index (κ2) is 5.61. The summed E-state index contributed by atoms with van der Waals surface area (Å²) in [6, 6.07) is -0.0121. The van der Waals surface area contributed by atoms with Crippen LogP contribution in [-0.4, -0.2) is 17.3 Å². The van der Waals surface area contributed by atoms with Crippen molar-refractivity contribution in [1.29, 1.82) is 0 Å². The average Bonchev–Trinajstić information content (AvgIpc) is 2.15. The molecule has 0 saturated heterocycles. The number of hydrogen-bond acceptors (Lipinski definition) is 2. The smallest absolute Gasteiger partial charge is 0.0662 e. The quantitative estimate of drug-likeness (QED) is 0.704. The summed E-state index contributed by atoms with van der Waals surface area (Å²) in [5, 5.41) is 9.23. The number of rotatable bonds is 4. The van der Waals surface area contributed by atoms with Crippen molar-refractivity contribution < 1.29 is 5.11 Å². The molecule has 0 aromatic heterocycles. The molecule has 1 saturated carbocycles. The third kappa shape index (κ3) is 4.10. The van der Waals surface area contributed by atoms with Gasteiger partial charge in [0.25, 0.3) is 0 Å². The van der Waals surface area contributed by atoms with Gasteiger partial charge in [0.05, 0.1) is 6.10 Å². The zero-order valence-corrected chi connectivity index (χ0v) is 8.71. The van der Waals surface area contributed by atoms with Gasteiger partial charge in [-0.05, 0) is 25.7 Å². The summed E-state index contributed by atoms with van der Waals surface area (Å²) in [5.74, 6) is 0.888. The lowest BCUT2D eigenvalue weighted by molar-refractivity contribution is 0.153. The molecule has 3 N–H and O–H groups in total. The molecule has 0 bridgehead atoms. The molecule has 1 rings (SSSR count). The van der Waals surface area contributed by atoms with E-state index in [1.165, 1.54) is 38.5 Å². The van der Waals surface area contributed by atoms with Gasteiger partial charge in [0, 0.05) is 6.04 Å². The second-order valence-corrected chi connectivity index (χ2v) is 4.49. The molecule has 0 amide bonds. The minimum absolute atomic E-state index is 0.0121. The van der Waals surface area contributed by atoms with Gasteiger partial charge in [0.1, 0.15) is 0 Å². The van der Waals surface area contributed by atoms with E-state index in [9.17, 15) is 5.11 Å². The molecule has 0 unspecified atom stereocenters. The third-order valence-electron chi connectivity index (χ3n) is 3.25. The number of nitrogens with two attached hydrogens (primary N) is 1. The molecule has 0 aromatic carbocycles. The normalized spacial score (nSPS) is 24.2. The van der Waals surface area contributed by atoms with E-state index in [4.69, 9.17) is 5.73 Å². The fraction of sp³-hybridized carbons (Fsp3) is 1.00. The molecule has 13 heavy (non-hydrogen) atoms. The highest BCUT2D eigenvalue weighted by molar-refractivity contribution is 4.72. The largest absolute Gasteiger partial charge is 0.392 e. The zero-order valence-electron chi connectivity index (χ0n) is 8.71. The van der Waals surface area contributed by atoms with Crippen LogP contribution < -0.4 is 5.73 Å². The van der Waals surface area contributed by atoms with Crippen molar-refractivity contribution in [3.8, 4) is 0 Å². The summed E-state index contributed by atoms with van der Waals surface area (Å²) >= 11 is 0. The number of aliphatic hydroxyl groups is 1. The Balaban J connectivity index is 2.10. The maximum Gasteiger partial charge on any atom is 0.0662 e. The summed E-state index contributed by atoms with van der Waals surface area (Å²) in [7, 11) is 0. The van der Waals surface area contributed by atoms with Crippen molar-refractivity contribution in [2.45, 2.75) is 64.0 Å². The van der Waals surface area contributed by atoms with E-state index in [-0.39, 0.29) is 12.1 Å². The second-order valence-electron chi connectivity index (χ2n) is 4.49. The fourth-order valence-corrected chi connectivity index (χ4v) is 2.15. The van der Waals surface area contributed by atoms with Gasteiger partial charge in [-0.25, -0.2) is 0 Å². The lowest BCUT2D eigenvalue weighted by atomic mass is 9.85. The van der Waals surface area contributed by atoms with E-state index in [0.717, 1.165) is 12.3 Å². The predicted molar refractivity (Wildman–Crippen MR) is 55.5 cm³/mol. The molecule has 1 fully saturated rings. The van der Waals surface area contributed by atoms with Crippen molar-refractivity contribution in [3.63, 3.8) is 0 Å². The molecular weight excluding hydrogens is 162 g/mol. The van der Waals surface area contributed by atoms with Crippen molar-refractivity contribution in [2.75, 3.05) is 0 Å².